The molecule has 7 nitrogen and oxygen atoms in total. The van der Waals surface area contributed by atoms with Crippen LogP contribution in [-0.4, -0.2) is 26.1 Å². The molecule has 0 aliphatic carbocycles. The fourth-order valence-electron chi connectivity index (χ4n) is 2.99. The average molecular weight is 355 g/mol. The van der Waals surface area contributed by atoms with Gasteiger partial charge in [-0.15, -0.1) is 0 Å². The molecule has 0 radical (unpaired) electrons. The number of aromatic nitrogens is 3. The third-order valence-corrected chi connectivity index (χ3v) is 4.49. The molecule has 0 saturated heterocycles. The molecule has 128 valence electrons. The number of rotatable bonds is 4. The number of nitrogens with one attached hydrogen (secondary N) is 2. The first-order chi connectivity index (χ1) is 12.2. The normalized spacial score (nSPS) is 14.1. The minimum Gasteiger partial charge on any atom is -0.468 e. The van der Waals surface area contributed by atoms with E-state index in [0.717, 1.165) is 17.1 Å². The Morgan fingerprint density at radius 3 is 2.96 bits per heavy atom. The Morgan fingerprint density at radius 1 is 1.28 bits per heavy atom. The lowest BCUT2D eigenvalue weighted by molar-refractivity contribution is 0.241. The molecule has 2 N–H and O–H groups in total. The lowest BCUT2D eigenvalue weighted by Gasteiger charge is -2.30. The molecular formula is C17H17N5O2S. The molecule has 1 aliphatic rings. The van der Waals surface area contributed by atoms with E-state index in [2.05, 4.69) is 20.2 Å². The van der Waals surface area contributed by atoms with Gasteiger partial charge in [0.1, 0.15) is 11.6 Å². The lowest BCUT2D eigenvalue weighted by Crippen LogP contribution is -2.39. The fraction of sp³-hybridized carbons (Fsp3) is 0.235. The van der Waals surface area contributed by atoms with Crippen LogP contribution in [0.2, 0.25) is 0 Å². The van der Waals surface area contributed by atoms with E-state index in [1.54, 1.807) is 18.7 Å². The molecule has 0 aromatic carbocycles. The summed E-state index contributed by atoms with van der Waals surface area (Å²) in [5.41, 5.74) is 1.54. The van der Waals surface area contributed by atoms with Crippen molar-refractivity contribution in [3.05, 3.63) is 74.9 Å². The number of pyridine rings is 1. The molecule has 3 aromatic rings. The van der Waals surface area contributed by atoms with Gasteiger partial charge in [0.25, 0.3) is 5.56 Å². The van der Waals surface area contributed by atoms with Crippen LogP contribution in [0.5, 0.6) is 0 Å². The van der Waals surface area contributed by atoms with Crippen LogP contribution in [0.15, 0.2) is 52.1 Å². The Kier molecular flexibility index (Phi) is 4.21. The van der Waals surface area contributed by atoms with Crippen molar-refractivity contribution in [2.24, 2.45) is 0 Å². The van der Waals surface area contributed by atoms with E-state index in [-0.39, 0.29) is 5.56 Å². The summed E-state index contributed by atoms with van der Waals surface area (Å²) in [5.74, 6) is 1.64. The number of aromatic amines is 1. The highest BCUT2D eigenvalue weighted by molar-refractivity contribution is 7.71. The predicted octanol–water partition coefficient (Wildman–Crippen LogP) is 2.33. The third kappa shape index (κ3) is 3.26. The highest BCUT2D eigenvalue weighted by Gasteiger charge is 2.22. The molecule has 0 amide bonds. The van der Waals surface area contributed by atoms with Gasteiger partial charge in [0, 0.05) is 18.9 Å². The van der Waals surface area contributed by atoms with Crippen molar-refractivity contribution >= 4 is 18.0 Å². The second-order valence-corrected chi connectivity index (χ2v) is 6.32. The maximum atomic E-state index is 12.4. The Balaban J connectivity index is 1.65. The summed E-state index contributed by atoms with van der Waals surface area (Å²) in [6.07, 6.45) is 5.18. The molecule has 4 rings (SSSR count). The van der Waals surface area contributed by atoms with Gasteiger partial charge >= 0.3 is 0 Å². The molecule has 0 saturated carbocycles. The fourth-order valence-corrected chi connectivity index (χ4v) is 3.24. The van der Waals surface area contributed by atoms with E-state index in [9.17, 15) is 4.79 Å². The van der Waals surface area contributed by atoms with Crippen LogP contribution in [0.4, 0.5) is 5.82 Å². The van der Waals surface area contributed by atoms with Crippen LogP contribution in [0.25, 0.3) is 0 Å². The van der Waals surface area contributed by atoms with Crippen LogP contribution in [0.1, 0.15) is 16.9 Å². The van der Waals surface area contributed by atoms with Crippen LogP contribution < -0.4 is 10.9 Å². The molecular weight excluding hydrogens is 338 g/mol. The third-order valence-electron chi connectivity index (χ3n) is 4.17. The quantitative estimate of drug-likeness (QED) is 0.700. The number of hydrogen-bond donors (Lipinski definition) is 2. The number of fused-ring (bicyclic) bond motifs is 1. The first-order valence-electron chi connectivity index (χ1n) is 7.94. The molecule has 0 spiro atoms. The van der Waals surface area contributed by atoms with E-state index in [4.69, 9.17) is 16.6 Å². The Hall–Kier alpha value is -2.71. The molecule has 4 heterocycles. The second kappa shape index (κ2) is 6.66. The number of hydrogen-bond acceptors (Lipinski definition) is 6. The lowest BCUT2D eigenvalue weighted by atomic mass is 10.2. The van der Waals surface area contributed by atoms with Gasteiger partial charge in [-0.25, -0.2) is 0 Å². The number of nitrogens with zero attached hydrogens (tertiary/aromatic N) is 3. The maximum Gasteiger partial charge on any atom is 0.258 e. The standard InChI is InChI=1S/C17H17N5O2S/c23-16-14-10-21(9-13-4-2-6-24-13)11-19-15(14)22(17(25)20-16)8-12-3-1-5-18-7-12/h1-7,19H,8-11H2,(H,20,23,25). The van der Waals surface area contributed by atoms with E-state index in [0.29, 0.717) is 36.6 Å². The van der Waals surface area contributed by atoms with Crippen LogP contribution in [0.3, 0.4) is 0 Å². The topological polar surface area (TPSA) is 79.1 Å². The van der Waals surface area contributed by atoms with E-state index >= 15 is 0 Å². The molecule has 1 aliphatic heterocycles. The van der Waals surface area contributed by atoms with Gasteiger partial charge in [-0.05, 0) is 36.0 Å². The van der Waals surface area contributed by atoms with Crippen molar-refractivity contribution in [2.75, 3.05) is 12.0 Å². The number of furan rings is 1. The summed E-state index contributed by atoms with van der Waals surface area (Å²) in [4.78, 5) is 21.4. The van der Waals surface area contributed by atoms with Crippen molar-refractivity contribution < 1.29 is 4.42 Å². The molecule has 8 heteroatoms. The van der Waals surface area contributed by atoms with Gasteiger partial charge in [-0.2, -0.15) is 0 Å². The molecule has 0 fully saturated rings. The van der Waals surface area contributed by atoms with E-state index in [1.807, 2.05) is 28.8 Å². The minimum atomic E-state index is -0.154. The highest BCUT2D eigenvalue weighted by Crippen LogP contribution is 2.21. The molecule has 3 aromatic heterocycles. The zero-order chi connectivity index (χ0) is 17.2. The number of anilines is 1. The Labute approximate surface area is 148 Å². The summed E-state index contributed by atoms with van der Waals surface area (Å²) >= 11 is 5.37. The van der Waals surface area contributed by atoms with Gasteiger partial charge in [-0.3, -0.25) is 19.7 Å². The minimum absolute atomic E-state index is 0.154. The summed E-state index contributed by atoms with van der Waals surface area (Å²) in [6.45, 7) is 2.33. The predicted molar refractivity (Wildman–Crippen MR) is 95.7 cm³/mol. The molecule has 0 unspecified atom stereocenters. The summed E-state index contributed by atoms with van der Waals surface area (Å²) in [7, 11) is 0. The van der Waals surface area contributed by atoms with Gasteiger partial charge in [-0.1, -0.05) is 6.07 Å². The largest absolute Gasteiger partial charge is 0.468 e. The van der Waals surface area contributed by atoms with E-state index < -0.39 is 0 Å². The SMILES string of the molecule is O=c1[nH]c(=S)n(Cc2cccnc2)c2c1CN(Cc1ccco1)CN2. The smallest absolute Gasteiger partial charge is 0.258 e. The summed E-state index contributed by atoms with van der Waals surface area (Å²) in [6, 6.07) is 7.65. The Morgan fingerprint density at radius 2 is 2.20 bits per heavy atom. The monoisotopic (exact) mass is 355 g/mol. The molecule has 0 bridgehead atoms. The second-order valence-electron chi connectivity index (χ2n) is 5.94. The Bertz CT molecular complexity index is 979. The van der Waals surface area contributed by atoms with Gasteiger partial charge in [0.2, 0.25) is 0 Å². The van der Waals surface area contributed by atoms with Crippen LogP contribution >= 0.6 is 12.2 Å². The zero-order valence-corrected chi connectivity index (χ0v) is 14.3. The van der Waals surface area contributed by atoms with Crippen molar-refractivity contribution in [1.82, 2.24) is 19.4 Å². The summed E-state index contributed by atoms with van der Waals surface area (Å²) < 4.78 is 7.70. The van der Waals surface area contributed by atoms with Crippen molar-refractivity contribution in [2.45, 2.75) is 19.6 Å². The zero-order valence-electron chi connectivity index (χ0n) is 13.4. The highest BCUT2D eigenvalue weighted by atomic mass is 32.1. The first-order valence-corrected chi connectivity index (χ1v) is 8.35. The van der Waals surface area contributed by atoms with Crippen LogP contribution in [0, 0.1) is 4.77 Å². The molecule has 25 heavy (non-hydrogen) atoms. The van der Waals surface area contributed by atoms with Crippen LogP contribution in [-0.2, 0) is 19.6 Å². The van der Waals surface area contributed by atoms with E-state index in [1.165, 1.54) is 0 Å². The average Bonchev–Trinajstić information content (AvgIpc) is 3.13. The van der Waals surface area contributed by atoms with Crippen molar-refractivity contribution in [1.29, 1.82) is 0 Å². The van der Waals surface area contributed by atoms with Gasteiger partial charge in [0.15, 0.2) is 4.77 Å². The van der Waals surface area contributed by atoms with Gasteiger partial charge < -0.3 is 14.3 Å². The molecule has 0 atom stereocenters. The maximum absolute atomic E-state index is 12.4. The van der Waals surface area contributed by atoms with Crippen molar-refractivity contribution in [3.8, 4) is 0 Å². The first kappa shape index (κ1) is 15.8. The van der Waals surface area contributed by atoms with Crippen molar-refractivity contribution in [3.63, 3.8) is 0 Å². The summed E-state index contributed by atoms with van der Waals surface area (Å²) in [5, 5.41) is 3.34. The number of H-pyrrole nitrogens is 1. The van der Waals surface area contributed by atoms with Gasteiger partial charge in [0.05, 0.1) is 31.6 Å².